The zero-order chi connectivity index (χ0) is 14.5. The van der Waals surface area contributed by atoms with Gasteiger partial charge in [0.1, 0.15) is 6.07 Å². The number of nitrogens with zero attached hydrogens (tertiary/aromatic N) is 1. The van der Waals surface area contributed by atoms with Crippen LogP contribution in [0.4, 0.5) is 5.69 Å². The van der Waals surface area contributed by atoms with E-state index in [-0.39, 0.29) is 0 Å². The molecule has 1 unspecified atom stereocenters. The number of benzene rings is 2. The standard InChI is InChI=1S/C15H12Cl2N2O/c16-13-4-2-1-3-12(13)15(20)9-19-11-6-5-10(8-18)14(17)7-11/h1-7,15,19-20H,9H2. The Hall–Kier alpha value is -1.73. The van der Waals surface area contributed by atoms with E-state index in [0.717, 1.165) is 5.69 Å². The molecule has 0 aromatic heterocycles. The fraction of sp³-hybridized carbons (Fsp3) is 0.133. The topological polar surface area (TPSA) is 56.0 Å². The molecule has 0 aliphatic rings. The van der Waals surface area contributed by atoms with Crippen LogP contribution >= 0.6 is 23.2 Å². The first-order valence-electron chi connectivity index (χ1n) is 5.98. The molecule has 0 radical (unpaired) electrons. The van der Waals surface area contributed by atoms with Crippen molar-refractivity contribution in [3.8, 4) is 6.07 Å². The summed E-state index contributed by atoms with van der Waals surface area (Å²) in [6.45, 7) is 0.298. The van der Waals surface area contributed by atoms with E-state index in [1.807, 2.05) is 18.2 Å². The van der Waals surface area contributed by atoms with E-state index >= 15 is 0 Å². The van der Waals surface area contributed by atoms with Gasteiger partial charge in [-0.2, -0.15) is 5.26 Å². The number of aliphatic hydroxyl groups excluding tert-OH is 1. The van der Waals surface area contributed by atoms with Crippen LogP contribution in [-0.4, -0.2) is 11.7 Å². The van der Waals surface area contributed by atoms with Gasteiger partial charge in [0.15, 0.2) is 0 Å². The third-order valence-electron chi connectivity index (χ3n) is 2.85. The summed E-state index contributed by atoms with van der Waals surface area (Å²) in [5, 5.41) is 22.9. The third-order valence-corrected chi connectivity index (χ3v) is 3.51. The molecule has 1 atom stereocenters. The van der Waals surface area contributed by atoms with E-state index in [0.29, 0.717) is 27.7 Å². The van der Waals surface area contributed by atoms with Crippen LogP contribution in [0.25, 0.3) is 0 Å². The van der Waals surface area contributed by atoms with Gasteiger partial charge in [0.05, 0.1) is 16.7 Å². The summed E-state index contributed by atoms with van der Waals surface area (Å²) in [6.07, 6.45) is -0.724. The molecule has 102 valence electrons. The van der Waals surface area contributed by atoms with Crippen molar-refractivity contribution in [3.63, 3.8) is 0 Å². The maximum absolute atomic E-state index is 10.1. The number of nitriles is 1. The summed E-state index contributed by atoms with van der Waals surface area (Å²) >= 11 is 12.0. The van der Waals surface area contributed by atoms with Crippen LogP contribution in [0.5, 0.6) is 0 Å². The molecule has 2 aromatic carbocycles. The van der Waals surface area contributed by atoms with Crippen LogP contribution in [0.3, 0.4) is 0 Å². The Balaban J connectivity index is 2.04. The molecule has 0 spiro atoms. The van der Waals surface area contributed by atoms with Crippen LogP contribution in [0.2, 0.25) is 10.0 Å². The van der Waals surface area contributed by atoms with Gasteiger partial charge in [-0.3, -0.25) is 0 Å². The molecule has 0 fully saturated rings. The predicted molar refractivity (Wildman–Crippen MR) is 81.1 cm³/mol. The zero-order valence-electron chi connectivity index (χ0n) is 10.5. The Labute approximate surface area is 127 Å². The lowest BCUT2D eigenvalue weighted by Crippen LogP contribution is -2.12. The Morgan fingerprint density at radius 2 is 1.90 bits per heavy atom. The number of hydrogen-bond acceptors (Lipinski definition) is 3. The highest BCUT2D eigenvalue weighted by molar-refractivity contribution is 6.32. The fourth-order valence-corrected chi connectivity index (χ4v) is 2.27. The monoisotopic (exact) mass is 306 g/mol. The smallest absolute Gasteiger partial charge is 0.101 e. The van der Waals surface area contributed by atoms with E-state index in [1.165, 1.54) is 0 Å². The first kappa shape index (κ1) is 14.7. The van der Waals surface area contributed by atoms with Crippen LogP contribution in [0.1, 0.15) is 17.2 Å². The first-order valence-corrected chi connectivity index (χ1v) is 6.73. The van der Waals surface area contributed by atoms with Gasteiger partial charge in [-0.15, -0.1) is 0 Å². The average Bonchev–Trinajstić information content (AvgIpc) is 2.45. The molecule has 2 aromatic rings. The lowest BCUT2D eigenvalue weighted by atomic mass is 10.1. The molecule has 0 heterocycles. The molecule has 0 bridgehead atoms. The number of nitrogens with one attached hydrogen (secondary N) is 1. The molecule has 20 heavy (non-hydrogen) atoms. The number of hydrogen-bond donors (Lipinski definition) is 2. The summed E-state index contributed by atoms with van der Waals surface area (Å²) in [6, 6.07) is 14.2. The molecular weight excluding hydrogens is 295 g/mol. The van der Waals surface area contributed by atoms with Gasteiger partial charge in [-0.25, -0.2) is 0 Å². The second-order valence-corrected chi connectivity index (χ2v) is 5.04. The van der Waals surface area contributed by atoms with Crippen molar-refractivity contribution in [3.05, 3.63) is 63.6 Å². The van der Waals surface area contributed by atoms with Gasteiger partial charge in [0, 0.05) is 22.8 Å². The molecular formula is C15H12Cl2N2O. The van der Waals surface area contributed by atoms with Crippen LogP contribution in [-0.2, 0) is 0 Å². The quantitative estimate of drug-likeness (QED) is 0.897. The zero-order valence-corrected chi connectivity index (χ0v) is 12.0. The minimum atomic E-state index is -0.724. The SMILES string of the molecule is N#Cc1ccc(NCC(O)c2ccccc2Cl)cc1Cl. The van der Waals surface area contributed by atoms with Gasteiger partial charge in [-0.1, -0.05) is 41.4 Å². The fourth-order valence-electron chi connectivity index (χ4n) is 1.79. The molecule has 5 heteroatoms. The second kappa shape index (κ2) is 6.62. The molecule has 0 aliphatic carbocycles. The normalized spacial score (nSPS) is 11.7. The first-order chi connectivity index (χ1) is 9.61. The van der Waals surface area contributed by atoms with Gasteiger partial charge in [-0.05, 0) is 24.3 Å². The Morgan fingerprint density at radius 3 is 2.55 bits per heavy atom. The third kappa shape index (κ3) is 3.43. The number of rotatable bonds is 4. The maximum atomic E-state index is 10.1. The molecule has 0 amide bonds. The highest BCUT2D eigenvalue weighted by atomic mass is 35.5. The van der Waals surface area contributed by atoms with E-state index in [9.17, 15) is 5.11 Å². The van der Waals surface area contributed by atoms with Crippen molar-refractivity contribution in [1.82, 2.24) is 0 Å². The van der Waals surface area contributed by atoms with E-state index in [4.69, 9.17) is 28.5 Å². The lowest BCUT2D eigenvalue weighted by molar-refractivity contribution is 0.192. The van der Waals surface area contributed by atoms with Crippen molar-refractivity contribution in [2.75, 3.05) is 11.9 Å². The second-order valence-electron chi connectivity index (χ2n) is 4.22. The molecule has 0 aliphatic heterocycles. The Morgan fingerprint density at radius 1 is 1.15 bits per heavy atom. The Kier molecular flexibility index (Phi) is 4.86. The van der Waals surface area contributed by atoms with Gasteiger partial charge in [0.2, 0.25) is 0 Å². The van der Waals surface area contributed by atoms with Crippen molar-refractivity contribution in [2.45, 2.75) is 6.10 Å². The Bertz CT molecular complexity index is 653. The summed E-state index contributed by atoms with van der Waals surface area (Å²) in [5.74, 6) is 0. The highest BCUT2D eigenvalue weighted by Crippen LogP contribution is 2.24. The molecule has 0 saturated carbocycles. The van der Waals surface area contributed by atoms with Crippen molar-refractivity contribution in [2.24, 2.45) is 0 Å². The number of anilines is 1. The van der Waals surface area contributed by atoms with Crippen LogP contribution in [0, 0.1) is 11.3 Å². The molecule has 3 nitrogen and oxygen atoms in total. The summed E-state index contributed by atoms with van der Waals surface area (Å²) in [5.41, 5.74) is 1.82. The lowest BCUT2D eigenvalue weighted by Gasteiger charge is -2.14. The highest BCUT2D eigenvalue weighted by Gasteiger charge is 2.11. The number of halogens is 2. The minimum Gasteiger partial charge on any atom is -0.387 e. The minimum absolute atomic E-state index is 0.298. The van der Waals surface area contributed by atoms with Crippen molar-refractivity contribution < 1.29 is 5.11 Å². The summed E-state index contributed by atoms with van der Waals surface area (Å²) in [4.78, 5) is 0. The number of aliphatic hydroxyl groups is 1. The van der Waals surface area contributed by atoms with Gasteiger partial charge in [0.25, 0.3) is 0 Å². The van der Waals surface area contributed by atoms with E-state index in [2.05, 4.69) is 5.32 Å². The molecule has 2 rings (SSSR count). The summed E-state index contributed by atoms with van der Waals surface area (Å²) in [7, 11) is 0. The molecule has 2 N–H and O–H groups in total. The van der Waals surface area contributed by atoms with Crippen LogP contribution < -0.4 is 5.32 Å². The van der Waals surface area contributed by atoms with Crippen molar-refractivity contribution >= 4 is 28.9 Å². The molecule has 0 saturated heterocycles. The van der Waals surface area contributed by atoms with Gasteiger partial charge >= 0.3 is 0 Å². The average molecular weight is 307 g/mol. The maximum Gasteiger partial charge on any atom is 0.101 e. The van der Waals surface area contributed by atoms with E-state index < -0.39 is 6.10 Å². The summed E-state index contributed by atoms with van der Waals surface area (Å²) < 4.78 is 0. The predicted octanol–water partition coefficient (Wildman–Crippen LogP) is 4.01. The van der Waals surface area contributed by atoms with Crippen LogP contribution in [0.15, 0.2) is 42.5 Å². The van der Waals surface area contributed by atoms with Gasteiger partial charge < -0.3 is 10.4 Å². The van der Waals surface area contributed by atoms with Crippen molar-refractivity contribution in [1.29, 1.82) is 5.26 Å². The van der Waals surface area contributed by atoms with E-state index in [1.54, 1.807) is 30.3 Å². The largest absolute Gasteiger partial charge is 0.387 e.